The normalized spacial score (nSPS) is 10.3. The predicted molar refractivity (Wildman–Crippen MR) is 73.0 cm³/mol. The zero-order chi connectivity index (χ0) is 12.3. The summed E-state index contributed by atoms with van der Waals surface area (Å²) in [7, 11) is 0. The van der Waals surface area contributed by atoms with Crippen LogP contribution in [0.4, 0.5) is 5.82 Å². The quantitative estimate of drug-likeness (QED) is 0.831. The van der Waals surface area contributed by atoms with Crippen LogP contribution in [-0.2, 0) is 6.54 Å². The molecule has 1 aromatic carbocycles. The molecule has 1 heterocycles. The van der Waals surface area contributed by atoms with Crippen LogP contribution in [-0.4, -0.2) is 4.98 Å². The van der Waals surface area contributed by atoms with Crippen molar-refractivity contribution in [3.8, 4) is 0 Å². The van der Waals surface area contributed by atoms with Crippen LogP contribution < -0.4 is 5.32 Å². The molecule has 1 aromatic heterocycles. The van der Waals surface area contributed by atoms with Gasteiger partial charge in [0.25, 0.3) is 0 Å². The van der Waals surface area contributed by atoms with E-state index in [-0.39, 0.29) is 0 Å². The zero-order valence-electron chi connectivity index (χ0n) is 8.75. The van der Waals surface area contributed by atoms with E-state index in [1.54, 1.807) is 18.2 Å². The van der Waals surface area contributed by atoms with Gasteiger partial charge >= 0.3 is 0 Å². The lowest BCUT2D eigenvalue weighted by Crippen LogP contribution is -2.01. The second kappa shape index (κ2) is 5.58. The minimum Gasteiger partial charge on any atom is -0.366 e. The van der Waals surface area contributed by atoms with E-state index in [9.17, 15) is 0 Å². The lowest BCUT2D eigenvalue weighted by atomic mass is 10.2. The number of hydrogen-bond donors (Lipinski definition) is 1. The Bertz CT molecular complexity index is 529. The van der Waals surface area contributed by atoms with Gasteiger partial charge in [-0.2, -0.15) is 0 Å². The van der Waals surface area contributed by atoms with E-state index in [0.29, 0.717) is 27.6 Å². The first-order valence-electron chi connectivity index (χ1n) is 4.95. The number of hydrogen-bond acceptors (Lipinski definition) is 2. The molecule has 0 aliphatic rings. The molecule has 0 spiro atoms. The van der Waals surface area contributed by atoms with Crippen LogP contribution in [0, 0.1) is 0 Å². The minimum absolute atomic E-state index is 0.451. The summed E-state index contributed by atoms with van der Waals surface area (Å²) < 4.78 is 0. The summed E-state index contributed by atoms with van der Waals surface area (Å²) in [6.07, 6.45) is 0. The van der Waals surface area contributed by atoms with Gasteiger partial charge in [0.1, 0.15) is 11.0 Å². The van der Waals surface area contributed by atoms with Crippen LogP contribution in [0.2, 0.25) is 15.2 Å². The standard InChI is InChI=1S/C12H9Cl3N2/c13-9-4-5-10(14)8(6-9)7-16-12-3-1-2-11(15)17-12/h1-6H,7H2,(H,16,17). The van der Waals surface area contributed by atoms with E-state index >= 15 is 0 Å². The van der Waals surface area contributed by atoms with Gasteiger partial charge in [-0.15, -0.1) is 0 Å². The Balaban J connectivity index is 2.09. The Morgan fingerprint density at radius 2 is 1.88 bits per heavy atom. The van der Waals surface area contributed by atoms with Crippen molar-refractivity contribution in [3.05, 3.63) is 57.2 Å². The highest BCUT2D eigenvalue weighted by Gasteiger charge is 2.02. The predicted octanol–water partition coefficient (Wildman–Crippen LogP) is 4.65. The third-order valence-corrected chi connectivity index (χ3v) is 3.00. The molecule has 5 heteroatoms. The van der Waals surface area contributed by atoms with Gasteiger partial charge in [0.05, 0.1) is 0 Å². The fourth-order valence-electron chi connectivity index (χ4n) is 1.37. The largest absolute Gasteiger partial charge is 0.366 e. The Morgan fingerprint density at radius 1 is 1.06 bits per heavy atom. The van der Waals surface area contributed by atoms with Crippen molar-refractivity contribution in [2.75, 3.05) is 5.32 Å². The van der Waals surface area contributed by atoms with E-state index in [1.165, 1.54) is 0 Å². The minimum atomic E-state index is 0.451. The average molecular weight is 288 g/mol. The summed E-state index contributed by atoms with van der Waals surface area (Å²) in [5, 5.41) is 4.91. The Morgan fingerprint density at radius 3 is 2.65 bits per heavy atom. The van der Waals surface area contributed by atoms with E-state index in [1.807, 2.05) is 18.2 Å². The SMILES string of the molecule is Clc1ccc(Cl)c(CNc2cccc(Cl)n2)c1. The fourth-order valence-corrected chi connectivity index (χ4v) is 1.91. The average Bonchev–Trinajstić information content (AvgIpc) is 2.30. The van der Waals surface area contributed by atoms with Gasteiger partial charge in [0.15, 0.2) is 0 Å². The number of nitrogens with one attached hydrogen (secondary N) is 1. The molecule has 0 radical (unpaired) electrons. The summed E-state index contributed by atoms with van der Waals surface area (Å²) in [5.74, 6) is 0.702. The number of rotatable bonds is 3. The third-order valence-electron chi connectivity index (χ3n) is 2.18. The first-order valence-corrected chi connectivity index (χ1v) is 6.09. The van der Waals surface area contributed by atoms with Crippen molar-refractivity contribution in [1.82, 2.24) is 4.98 Å². The molecule has 2 nitrogen and oxygen atoms in total. The molecule has 2 aromatic rings. The highest BCUT2D eigenvalue weighted by molar-refractivity contribution is 6.33. The zero-order valence-corrected chi connectivity index (χ0v) is 11.0. The highest BCUT2D eigenvalue weighted by atomic mass is 35.5. The molecule has 0 fully saturated rings. The molecule has 17 heavy (non-hydrogen) atoms. The van der Waals surface area contributed by atoms with Crippen molar-refractivity contribution >= 4 is 40.6 Å². The molecule has 1 N–H and O–H groups in total. The van der Waals surface area contributed by atoms with Gasteiger partial charge in [-0.3, -0.25) is 0 Å². The van der Waals surface area contributed by atoms with Crippen molar-refractivity contribution in [1.29, 1.82) is 0 Å². The fraction of sp³-hybridized carbons (Fsp3) is 0.0833. The van der Waals surface area contributed by atoms with Gasteiger partial charge < -0.3 is 5.32 Å². The monoisotopic (exact) mass is 286 g/mol. The molecule has 0 aliphatic carbocycles. The first-order chi connectivity index (χ1) is 8.15. The summed E-state index contributed by atoms with van der Waals surface area (Å²) in [4.78, 5) is 4.12. The molecule has 88 valence electrons. The number of benzene rings is 1. The molecule has 0 amide bonds. The van der Waals surface area contributed by atoms with Gasteiger partial charge in [0, 0.05) is 16.6 Å². The van der Waals surface area contributed by atoms with E-state index in [0.717, 1.165) is 5.56 Å². The molecule has 0 bridgehead atoms. The van der Waals surface area contributed by atoms with E-state index < -0.39 is 0 Å². The maximum absolute atomic E-state index is 6.05. The second-order valence-electron chi connectivity index (χ2n) is 3.43. The maximum Gasteiger partial charge on any atom is 0.131 e. The van der Waals surface area contributed by atoms with Crippen molar-refractivity contribution in [3.63, 3.8) is 0 Å². The molecule has 2 rings (SSSR count). The van der Waals surface area contributed by atoms with Gasteiger partial charge in [-0.1, -0.05) is 40.9 Å². The maximum atomic E-state index is 6.05. The lowest BCUT2D eigenvalue weighted by Gasteiger charge is -2.07. The van der Waals surface area contributed by atoms with Crippen LogP contribution in [0.15, 0.2) is 36.4 Å². The number of halogens is 3. The van der Waals surface area contributed by atoms with Crippen LogP contribution >= 0.6 is 34.8 Å². The molecular weight excluding hydrogens is 279 g/mol. The van der Waals surface area contributed by atoms with Crippen molar-refractivity contribution in [2.24, 2.45) is 0 Å². The lowest BCUT2D eigenvalue weighted by molar-refractivity contribution is 1.11. The van der Waals surface area contributed by atoms with Crippen LogP contribution in [0.25, 0.3) is 0 Å². The topological polar surface area (TPSA) is 24.9 Å². The van der Waals surface area contributed by atoms with Crippen LogP contribution in [0.1, 0.15) is 5.56 Å². The molecule has 0 aliphatic heterocycles. The molecule has 0 saturated carbocycles. The van der Waals surface area contributed by atoms with Crippen molar-refractivity contribution in [2.45, 2.75) is 6.54 Å². The Kier molecular flexibility index (Phi) is 4.11. The van der Waals surface area contributed by atoms with E-state index in [2.05, 4.69) is 10.3 Å². The van der Waals surface area contributed by atoms with Gasteiger partial charge in [-0.25, -0.2) is 4.98 Å². The third kappa shape index (κ3) is 3.50. The molecular formula is C12H9Cl3N2. The van der Waals surface area contributed by atoms with Gasteiger partial charge in [0.2, 0.25) is 0 Å². The smallest absolute Gasteiger partial charge is 0.131 e. The summed E-state index contributed by atoms with van der Waals surface area (Å²) in [6, 6.07) is 10.7. The Labute approximate surface area is 115 Å². The highest BCUT2D eigenvalue weighted by Crippen LogP contribution is 2.21. The van der Waals surface area contributed by atoms with Crippen LogP contribution in [0.5, 0.6) is 0 Å². The summed E-state index contributed by atoms with van der Waals surface area (Å²) >= 11 is 17.7. The van der Waals surface area contributed by atoms with Gasteiger partial charge in [-0.05, 0) is 35.9 Å². The van der Waals surface area contributed by atoms with Crippen molar-refractivity contribution < 1.29 is 0 Å². The number of anilines is 1. The summed E-state index contributed by atoms with van der Waals surface area (Å²) in [5.41, 5.74) is 0.918. The molecule has 0 atom stereocenters. The number of aromatic nitrogens is 1. The van der Waals surface area contributed by atoms with Crippen LogP contribution in [0.3, 0.4) is 0 Å². The first kappa shape index (κ1) is 12.5. The Hall–Kier alpha value is -0.960. The second-order valence-corrected chi connectivity index (χ2v) is 4.67. The number of nitrogens with zero attached hydrogens (tertiary/aromatic N) is 1. The number of pyridine rings is 1. The van der Waals surface area contributed by atoms with E-state index in [4.69, 9.17) is 34.8 Å². The summed E-state index contributed by atoms with van der Waals surface area (Å²) in [6.45, 7) is 0.548. The molecule has 0 saturated heterocycles. The molecule has 0 unspecified atom stereocenters.